The van der Waals surface area contributed by atoms with Crippen LogP contribution in [0.15, 0.2) is 42.7 Å². The monoisotopic (exact) mass is 578 g/mol. The highest BCUT2D eigenvalue weighted by molar-refractivity contribution is 7.90. The van der Waals surface area contributed by atoms with E-state index in [0.29, 0.717) is 35.9 Å². The summed E-state index contributed by atoms with van der Waals surface area (Å²) in [7, 11) is -0.110. The second kappa shape index (κ2) is 11.4. The molecule has 1 aliphatic heterocycles. The molecule has 13 heteroatoms. The predicted molar refractivity (Wildman–Crippen MR) is 158 cm³/mol. The van der Waals surface area contributed by atoms with Crippen LogP contribution in [0.1, 0.15) is 42.9 Å². The van der Waals surface area contributed by atoms with E-state index in [9.17, 15) is 13.2 Å². The molecule has 0 bridgehead atoms. The molecule has 41 heavy (non-hydrogen) atoms. The number of anilines is 2. The van der Waals surface area contributed by atoms with Crippen molar-refractivity contribution in [3.8, 4) is 16.8 Å². The van der Waals surface area contributed by atoms with Gasteiger partial charge in [-0.2, -0.15) is 5.10 Å². The topological polar surface area (TPSA) is 135 Å². The van der Waals surface area contributed by atoms with Gasteiger partial charge in [0, 0.05) is 56.4 Å². The number of nitrogens with one attached hydrogen (secondary N) is 1. The summed E-state index contributed by atoms with van der Waals surface area (Å²) in [6, 6.07) is 9.55. The number of morpholine rings is 1. The van der Waals surface area contributed by atoms with E-state index in [1.54, 1.807) is 28.0 Å². The molecule has 0 aliphatic carbocycles. The minimum atomic E-state index is -3.81. The first kappa shape index (κ1) is 28.4. The Bertz CT molecular complexity index is 1680. The normalized spacial score (nSPS) is 14.0. The number of aromatic nitrogens is 5. The van der Waals surface area contributed by atoms with Crippen molar-refractivity contribution in [1.82, 2.24) is 29.5 Å². The van der Waals surface area contributed by atoms with E-state index in [-0.39, 0.29) is 17.4 Å². The number of nitrogens with zero attached hydrogens (tertiary/aromatic N) is 7. The number of hydrogen-bond donors (Lipinski definition) is 1. The van der Waals surface area contributed by atoms with Gasteiger partial charge in [0.15, 0.2) is 5.65 Å². The zero-order valence-electron chi connectivity index (χ0n) is 23.8. The summed E-state index contributed by atoms with van der Waals surface area (Å²) >= 11 is 0. The summed E-state index contributed by atoms with van der Waals surface area (Å²) < 4.78 is 33.9. The number of fused-ring (bicyclic) bond motifs is 1. The maximum absolute atomic E-state index is 13.2. The van der Waals surface area contributed by atoms with Gasteiger partial charge in [0.2, 0.25) is 16.0 Å². The van der Waals surface area contributed by atoms with Crippen molar-refractivity contribution >= 4 is 38.6 Å². The molecule has 216 valence electrons. The molecule has 5 rings (SSSR count). The van der Waals surface area contributed by atoms with Crippen molar-refractivity contribution in [2.45, 2.75) is 26.7 Å². The number of hydrogen-bond acceptors (Lipinski definition) is 10. The number of ether oxygens (including phenoxy) is 1. The first-order valence-corrected chi connectivity index (χ1v) is 15.1. The average Bonchev–Trinajstić information content (AvgIpc) is 3.37. The molecule has 3 aromatic heterocycles. The number of carbonyl (C=O) groups is 1. The molecular weight excluding hydrogens is 544 g/mol. The lowest BCUT2D eigenvalue weighted by Crippen LogP contribution is -2.36. The van der Waals surface area contributed by atoms with Gasteiger partial charge >= 0.3 is 0 Å². The molecule has 4 aromatic rings. The minimum absolute atomic E-state index is 0.0174. The van der Waals surface area contributed by atoms with E-state index in [2.05, 4.69) is 24.6 Å². The Kier molecular flexibility index (Phi) is 7.91. The van der Waals surface area contributed by atoms with E-state index in [1.165, 1.54) is 6.92 Å². The standard InChI is InChI=1S/C28H34N8O4S/c1-6-41(38,39)33-27(37)23-15-22(19-16-29-28(30-17-19)34(4)5)24-25(18(2)3)32-36(26(24)31-23)21-9-7-8-20(14-21)35-10-12-40-13-11-35/h7-9,14-18H,6,10-13H2,1-5H3,(H,33,37). The highest BCUT2D eigenvalue weighted by Crippen LogP contribution is 2.36. The van der Waals surface area contributed by atoms with E-state index >= 15 is 0 Å². The Labute approximate surface area is 239 Å². The van der Waals surface area contributed by atoms with Crippen molar-refractivity contribution in [2.24, 2.45) is 0 Å². The third-order valence-electron chi connectivity index (χ3n) is 6.87. The summed E-state index contributed by atoms with van der Waals surface area (Å²) in [5.41, 5.74) is 4.24. The van der Waals surface area contributed by atoms with Gasteiger partial charge in [0.1, 0.15) is 5.69 Å². The summed E-state index contributed by atoms with van der Waals surface area (Å²) in [6.45, 7) is 8.42. The number of pyridine rings is 1. The van der Waals surface area contributed by atoms with Crippen LogP contribution >= 0.6 is 0 Å². The van der Waals surface area contributed by atoms with E-state index in [0.717, 1.165) is 35.5 Å². The lowest BCUT2D eigenvalue weighted by Gasteiger charge is -2.29. The SMILES string of the molecule is CCS(=O)(=O)NC(=O)c1cc(-c2cnc(N(C)C)nc2)c2c(C(C)C)nn(-c3cccc(N4CCOCC4)c3)c2n1. The van der Waals surface area contributed by atoms with E-state index in [1.807, 2.05) is 52.2 Å². The van der Waals surface area contributed by atoms with Gasteiger partial charge in [-0.25, -0.2) is 32.8 Å². The molecule has 0 radical (unpaired) electrons. The van der Waals surface area contributed by atoms with Gasteiger partial charge in [0.25, 0.3) is 5.91 Å². The Hall–Kier alpha value is -4.10. The molecule has 0 spiro atoms. The zero-order chi connectivity index (χ0) is 29.3. The number of carbonyl (C=O) groups excluding carboxylic acids is 1. The first-order chi connectivity index (χ1) is 19.6. The molecule has 12 nitrogen and oxygen atoms in total. The molecule has 0 unspecified atom stereocenters. The number of benzene rings is 1. The van der Waals surface area contributed by atoms with Crippen LogP contribution in [-0.2, 0) is 14.8 Å². The lowest BCUT2D eigenvalue weighted by molar-refractivity contribution is 0.0977. The number of amides is 1. The van der Waals surface area contributed by atoms with E-state index in [4.69, 9.17) is 9.84 Å². The molecular formula is C28H34N8O4S. The van der Waals surface area contributed by atoms with Crippen molar-refractivity contribution in [3.63, 3.8) is 0 Å². The Morgan fingerprint density at radius 1 is 1.10 bits per heavy atom. The minimum Gasteiger partial charge on any atom is -0.378 e. The quantitative estimate of drug-likeness (QED) is 0.332. The van der Waals surface area contributed by atoms with Crippen LogP contribution in [0.4, 0.5) is 11.6 Å². The van der Waals surface area contributed by atoms with E-state index < -0.39 is 15.9 Å². The van der Waals surface area contributed by atoms with Crippen LogP contribution in [-0.4, -0.2) is 85.2 Å². The van der Waals surface area contributed by atoms with Gasteiger partial charge in [-0.3, -0.25) is 4.79 Å². The van der Waals surface area contributed by atoms with Crippen LogP contribution in [0.3, 0.4) is 0 Å². The number of sulfonamides is 1. The molecule has 1 amide bonds. The Balaban J connectivity index is 1.74. The van der Waals surface area contributed by atoms with Gasteiger partial charge in [-0.15, -0.1) is 0 Å². The third-order valence-corrected chi connectivity index (χ3v) is 8.13. The first-order valence-electron chi connectivity index (χ1n) is 13.5. The molecule has 1 aliphatic rings. The summed E-state index contributed by atoms with van der Waals surface area (Å²) in [5, 5.41) is 5.72. The second-order valence-corrected chi connectivity index (χ2v) is 12.3. The van der Waals surface area contributed by atoms with Crippen LogP contribution in [0, 0.1) is 0 Å². The molecule has 1 aromatic carbocycles. The van der Waals surface area contributed by atoms with Crippen LogP contribution in [0.25, 0.3) is 27.8 Å². The molecule has 1 fully saturated rings. The fourth-order valence-electron chi connectivity index (χ4n) is 4.67. The highest BCUT2D eigenvalue weighted by atomic mass is 32.2. The summed E-state index contributed by atoms with van der Waals surface area (Å²) in [4.78, 5) is 30.9. The van der Waals surface area contributed by atoms with Gasteiger partial charge < -0.3 is 14.5 Å². The Morgan fingerprint density at radius 3 is 2.41 bits per heavy atom. The molecule has 0 atom stereocenters. The van der Waals surface area contributed by atoms with Crippen molar-refractivity contribution in [3.05, 3.63) is 54.1 Å². The van der Waals surface area contributed by atoms with Crippen molar-refractivity contribution < 1.29 is 17.9 Å². The predicted octanol–water partition coefficient (Wildman–Crippen LogP) is 2.98. The van der Waals surface area contributed by atoms with Gasteiger partial charge in [-0.1, -0.05) is 19.9 Å². The Morgan fingerprint density at radius 2 is 1.78 bits per heavy atom. The van der Waals surface area contributed by atoms with Gasteiger partial charge in [0.05, 0.1) is 35.7 Å². The zero-order valence-corrected chi connectivity index (χ0v) is 24.6. The van der Waals surface area contributed by atoms with Crippen LogP contribution < -0.4 is 14.5 Å². The fraction of sp³-hybridized carbons (Fsp3) is 0.393. The molecule has 4 heterocycles. The smallest absolute Gasteiger partial charge is 0.283 e. The summed E-state index contributed by atoms with van der Waals surface area (Å²) in [5.74, 6) is -0.506. The molecule has 0 saturated carbocycles. The largest absolute Gasteiger partial charge is 0.378 e. The van der Waals surface area contributed by atoms with Crippen LogP contribution in [0.5, 0.6) is 0 Å². The molecule has 1 saturated heterocycles. The van der Waals surface area contributed by atoms with Gasteiger partial charge in [-0.05, 0) is 37.1 Å². The van der Waals surface area contributed by atoms with Crippen molar-refractivity contribution in [2.75, 3.05) is 56.0 Å². The maximum Gasteiger partial charge on any atom is 0.283 e. The highest BCUT2D eigenvalue weighted by Gasteiger charge is 2.25. The molecule has 1 N–H and O–H groups in total. The summed E-state index contributed by atoms with van der Waals surface area (Å²) in [6.07, 6.45) is 3.37. The maximum atomic E-state index is 13.2. The second-order valence-electron chi connectivity index (χ2n) is 10.3. The fourth-order valence-corrected chi connectivity index (χ4v) is 5.20. The van der Waals surface area contributed by atoms with Crippen LogP contribution in [0.2, 0.25) is 0 Å². The third kappa shape index (κ3) is 5.86. The average molecular weight is 579 g/mol. The van der Waals surface area contributed by atoms with Crippen molar-refractivity contribution in [1.29, 1.82) is 0 Å². The lowest BCUT2D eigenvalue weighted by atomic mass is 9.99. The number of rotatable bonds is 8.